The van der Waals surface area contributed by atoms with Crippen molar-refractivity contribution in [2.75, 3.05) is 0 Å². The third-order valence-corrected chi connectivity index (χ3v) is 3.84. The van der Waals surface area contributed by atoms with E-state index < -0.39 is 10.7 Å². The summed E-state index contributed by atoms with van der Waals surface area (Å²) in [4.78, 5) is 11.0. The Morgan fingerprint density at radius 1 is 1.27 bits per heavy atom. The van der Waals surface area contributed by atoms with Crippen molar-refractivity contribution in [3.05, 3.63) is 12.2 Å². The molecule has 0 rings (SSSR count). The summed E-state index contributed by atoms with van der Waals surface area (Å²) in [6, 6.07) is 0. The quantitative estimate of drug-likeness (QED) is 0.750. The first-order chi connectivity index (χ1) is 6.48. The normalized spacial score (nSPS) is 14.8. The van der Waals surface area contributed by atoms with Crippen molar-refractivity contribution in [2.45, 2.75) is 51.5 Å². The van der Waals surface area contributed by atoms with E-state index in [-0.39, 0.29) is 10.7 Å². The zero-order chi connectivity index (χ0) is 12.4. The van der Waals surface area contributed by atoms with Crippen LogP contribution in [0.1, 0.15) is 41.5 Å². The minimum atomic E-state index is -0.777. The lowest BCUT2D eigenvalue weighted by molar-refractivity contribution is -0.138. The zero-order valence-electron chi connectivity index (χ0n) is 10.5. The predicted octanol–water partition coefficient (Wildman–Crippen LogP) is 3.57. The van der Waals surface area contributed by atoms with Crippen molar-refractivity contribution in [1.82, 2.24) is 0 Å². The second kappa shape index (κ2) is 4.60. The summed E-state index contributed by atoms with van der Waals surface area (Å²) in [5.74, 6) is -0.777. The molecule has 2 nitrogen and oxygen atoms in total. The van der Waals surface area contributed by atoms with Gasteiger partial charge in [-0.15, -0.1) is 11.8 Å². The van der Waals surface area contributed by atoms with Crippen LogP contribution in [-0.4, -0.2) is 21.1 Å². The van der Waals surface area contributed by atoms with Crippen LogP contribution in [0.15, 0.2) is 12.2 Å². The molecule has 0 spiro atoms. The fourth-order valence-corrected chi connectivity index (χ4v) is 2.65. The summed E-state index contributed by atoms with van der Waals surface area (Å²) in [6.45, 7) is 15.8. The van der Waals surface area contributed by atoms with Crippen molar-refractivity contribution in [1.29, 1.82) is 0 Å². The molecular weight excluding hydrogens is 208 g/mol. The van der Waals surface area contributed by atoms with Gasteiger partial charge >= 0.3 is 5.97 Å². The van der Waals surface area contributed by atoms with Gasteiger partial charge in [0.25, 0.3) is 0 Å². The molecule has 3 heteroatoms. The topological polar surface area (TPSA) is 37.3 Å². The van der Waals surface area contributed by atoms with Gasteiger partial charge < -0.3 is 5.11 Å². The van der Waals surface area contributed by atoms with E-state index in [4.69, 9.17) is 5.11 Å². The summed E-state index contributed by atoms with van der Waals surface area (Å²) >= 11 is 1.45. The molecule has 15 heavy (non-hydrogen) atoms. The Bertz CT molecular complexity index is 261. The highest BCUT2D eigenvalue weighted by Crippen LogP contribution is 2.38. The van der Waals surface area contributed by atoms with Crippen LogP contribution in [0.25, 0.3) is 0 Å². The number of carbonyl (C=O) groups is 1. The van der Waals surface area contributed by atoms with Gasteiger partial charge in [-0.1, -0.05) is 32.9 Å². The molecule has 0 aliphatic rings. The minimum absolute atomic E-state index is 0.0288. The van der Waals surface area contributed by atoms with Crippen LogP contribution >= 0.6 is 11.8 Å². The fraction of sp³-hybridized carbons (Fsp3) is 0.750. The molecule has 0 fully saturated rings. The van der Waals surface area contributed by atoms with Crippen molar-refractivity contribution in [3.63, 3.8) is 0 Å². The first kappa shape index (κ1) is 14.6. The second-order valence-corrected chi connectivity index (χ2v) is 7.31. The smallest absolute Gasteiger partial charge is 0.319 e. The molecule has 0 aliphatic heterocycles. The van der Waals surface area contributed by atoms with Crippen LogP contribution < -0.4 is 0 Å². The summed E-state index contributed by atoms with van der Waals surface area (Å²) < 4.78 is -0.756. The molecule has 0 bridgehead atoms. The van der Waals surface area contributed by atoms with Crippen molar-refractivity contribution < 1.29 is 9.90 Å². The molecule has 0 aliphatic carbocycles. The van der Waals surface area contributed by atoms with Crippen molar-refractivity contribution in [3.8, 4) is 0 Å². The second-order valence-electron chi connectivity index (χ2n) is 5.35. The summed E-state index contributed by atoms with van der Waals surface area (Å²) in [5.41, 5.74) is 1.11. The van der Waals surface area contributed by atoms with Gasteiger partial charge in [-0.2, -0.15) is 0 Å². The molecule has 0 aromatic rings. The van der Waals surface area contributed by atoms with Gasteiger partial charge in [0.15, 0.2) is 0 Å². The Kier molecular flexibility index (Phi) is 4.47. The lowest BCUT2D eigenvalue weighted by atomic mass is 9.86. The molecule has 1 atom stereocenters. The molecule has 0 saturated heterocycles. The van der Waals surface area contributed by atoms with Gasteiger partial charge in [0.05, 0.1) is 0 Å². The molecule has 1 N–H and O–H groups in total. The van der Waals surface area contributed by atoms with E-state index in [0.717, 1.165) is 5.57 Å². The van der Waals surface area contributed by atoms with Crippen LogP contribution in [-0.2, 0) is 4.79 Å². The number of rotatable bonds is 4. The Balaban J connectivity index is 4.58. The molecular formula is C12H22O2S. The molecule has 88 valence electrons. The van der Waals surface area contributed by atoms with Gasteiger partial charge in [0.2, 0.25) is 0 Å². The maximum atomic E-state index is 11.0. The van der Waals surface area contributed by atoms with E-state index in [1.54, 1.807) is 13.8 Å². The van der Waals surface area contributed by atoms with Crippen LogP contribution in [0.3, 0.4) is 0 Å². The third kappa shape index (κ3) is 4.29. The first-order valence-corrected chi connectivity index (χ1v) is 5.97. The Labute approximate surface area is 97.1 Å². The maximum absolute atomic E-state index is 11.0. The summed E-state index contributed by atoms with van der Waals surface area (Å²) in [7, 11) is 0. The largest absolute Gasteiger partial charge is 0.480 e. The van der Waals surface area contributed by atoms with E-state index in [1.807, 2.05) is 6.92 Å². The molecule has 0 heterocycles. The highest BCUT2D eigenvalue weighted by Gasteiger charge is 2.32. The van der Waals surface area contributed by atoms with E-state index in [0.29, 0.717) is 0 Å². The predicted molar refractivity (Wildman–Crippen MR) is 67.4 cm³/mol. The van der Waals surface area contributed by atoms with Gasteiger partial charge in [-0.25, -0.2) is 0 Å². The van der Waals surface area contributed by atoms with E-state index >= 15 is 0 Å². The highest BCUT2D eigenvalue weighted by molar-refractivity contribution is 8.02. The van der Waals surface area contributed by atoms with Crippen molar-refractivity contribution >= 4 is 17.7 Å². The Morgan fingerprint density at radius 3 is 1.93 bits per heavy atom. The number of hydrogen-bond acceptors (Lipinski definition) is 2. The molecule has 0 radical (unpaired) electrons. The van der Waals surface area contributed by atoms with Gasteiger partial charge in [0.1, 0.15) is 4.75 Å². The van der Waals surface area contributed by atoms with Crippen molar-refractivity contribution in [2.24, 2.45) is 5.41 Å². The van der Waals surface area contributed by atoms with E-state index in [9.17, 15) is 4.79 Å². The van der Waals surface area contributed by atoms with Crippen LogP contribution in [0, 0.1) is 5.41 Å². The molecule has 0 aromatic heterocycles. The number of carboxylic acid groups (broad SMARTS) is 1. The lowest BCUT2D eigenvalue weighted by Gasteiger charge is -2.31. The minimum Gasteiger partial charge on any atom is -0.480 e. The number of thioether (sulfide) groups is 1. The molecule has 1 unspecified atom stereocenters. The van der Waals surface area contributed by atoms with Crippen LogP contribution in [0.2, 0.25) is 0 Å². The number of aliphatic carboxylic acids is 1. The Morgan fingerprint density at radius 2 is 1.67 bits per heavy atom. The van der Waals surface area contributed by atoms with Crippen LogP contribution in [0.5, 0.6) is 0 Å². The molecule has 0 amide bonds. The summed E-state index contributed by atoms with van der Waals surface area (Å²) in [5, 5.41) is 9.17. The van der Waals surface area contributed by atoms with E-state index in [2.05, 4.69) is 27.4 Å². The average Bonchev–Trinajstić information content (AvgIpc) is 2.00. The maximum Gasteiger partial charge on any atom is 0.319 e. The lowest BCUT2D eigenvalue weighted by Crippen LogP contribution is -2.31. The van der Waals surface area contributed by atoms with Gasteiger partial charge in [-0.3, -0.25) is 4.79 Å². The number of hydrogen-bond donors (Lipinski definition) is 1. The highest BCUT2D eigenvalue weighted by atomic mass is 32.2. The SMILES string of the molecule is C=C(C(C)SC(C)(C)C(=O)O)C(C)(C)C. The monoisotopic (exact) mass is 230 g/mol. The molecule has 0 saturated carbocycles. The number of carboxylic acids is 1. The fourth-order valence-electron chi connectivity index (χ4n) is 1.17. The molecule has 0 aromatic carbocycles. The first-order valence-electron chi connectivity index (χ1n) is 5.09. The average molecular weight is 230 g/mol. The van der Waals surface area contributed by atoms with Gasteiger partial charge in [0, 0.05) is 5.25 Å². The Hall–Kier alpha value is -0.440. The standard InChI is InChI=1S/C12H22O2S/c1-8(11(3,4)5)9(2)15-12(6,7)10(13)14/h9H,1H2,2-7H3,(H,13,14). The van der Waals surface area contributed by atoms with E-state index in [1.165, 1.54) is 11.8 Å². The zero-order valence-corrected chi connectivity index (χ0v) is 11.4. The summed E-state index contributed by atoms with van der Waals surface area (Å²) in [6.07, 6.45) is 0. The third-order valence-electron chi connectivity index (χ3n) is 2.44. The van der Waals surface area contributed by atoms with Gasteiger partial charge in [-0.05, 0) is 26.2 Å². The van der Waals surface area contributed by atoms with Crippen LogP contribution in [0.4, 0.5) is 0 Å².